The Bertz CT molecular complexity index is 2690. The normalized spacial score (nSPS) is 14.9. The van der Waals surface area contributed by atoms with Crippen molar-refractivity contribution in [1.82, 2.24) is 0 Å². The summed E-state index contributed by atoms with van der Waals surface area (Å²) in [5.41, 5.74) is 15.5. The molecule has 8 aromatic rings. The van der Waals surface area contributed by atoms with Gasteiger partial charge in [0.15, 0.2) is 0 Å². The van der Waals surface area contributed by atoms with Crippen LogP contribution in [0.25, 0.3) is 54.9 Å². The monoisotopic (exact) mass is 695 g/mol. The molecule has 2 aliphatic rings. The molecule has 10 rings (SSSR count). The molecule has 0 amide bonds. The Balaban J connectivity index is 1.24. The summed E-state index contributed by atoms with van der Waals surface area (Å²) in [4.78, 5) is 2.53. The molecular formula is C53H45N. The summed E-state index contributed by atoms with van der Waals surface area (Å²) in [6.45, 7) is 4.74. The van der Waals surface area contributed by atoms with E-state index in [9.17, 15) is 0 Å². The third kappa shape index (κ3) is 5.29. The van der Waals surface area contributed by atoms with E-state index in [1.165, 1.54) is 115 Å². The molecule has 0 spiro atoms. The van der Waals surface area contributed by atoms with Crippen LogP contribution < -0.4 is 4.90 Å². The molecule has 262 valence electrons. The van der Waals surface area contributed by atoms with Gasteiger partial charge in [0.2, 0.25) is 0 Å². The molecule has 8 aromatic carbocycles. The van der Waals surface area contributed by atoms with E-state index in [0.29, 0.717) is 5.92 Å². The first-order valence-electron chi connectivity index (χ1n) is 19.8. The van der Waals surface area contributed by atoms with E-state index in [2.05, 4.69) is 189 Å². The second-order valence-corrected chi connectivity index (χ2v) is 15.9. The van der Waals surface area contributed by atoms with Gasteiger partial charge in [0.1, 0.15) is 0 Å². The molecule has 0 unspecified atom stereocenters. The minimum Gasteiger partial charge on any atom is -0.309 e. The van der Waals surface area contributed by atoms with Crippen LogP contribution in [-0.4, -0.2) is 0 Å². The Kier molecular flexibility index (Phi) is 7.99. The van der Waals surface area contributed by atoms with Crippen LogP contribution in [0.2, 0.25) is 0 Å². The predicted octanol–water partition coefficient (Wildman–Crippen LogP) is 15.2. The van der Waals surface area contributed by atoms with E-state index in [4.69, 9.17) is 0 Å². The minimum atomic E-state index is -0.0775. The lowest BCUT2D eigenvalue weighted by Gasteiger charge is -2.31. The van der Waals surface area contributed by atoms with Crippen molar-refractivity contribution in [1.29, 1.82) is 0 Å². The molecule has 0 saturated heterocycles. The molecule has 1 saturated carbocycles. The van der Waals surface area contributed by atoms with Crippen molar-refractivity contribution in [2.75, 3.05) is 4.90 Å². The third-order valence-corrected chi connectivity index (χ3v) is 12.5. The Morgan fingerprint density at radius 2 is 1.00 bits per heavy atom. The van der Waals surface area contributed by atoms with Crippen molar-refractivity contribution in [2.24, 2.45) is 0 Å². The SMILES string of the molecule is CC1(C)c2ccccc2-c2c(-c3ccccc3N(c3ccc4ccccc4c3)c3ccccc3-c3cccc4cccc(C5CCCCC5)c34)cccc21. The Labute approximate surface area is 319 Å². The molecule has 0 radical (unpaired) electrons. The minimum absolute atomic E-state index is 0.0775. The van der Waals surface area contributed by atoms with Crippen molar-refractivity contribution >= 4 is 38.6 Å². The highest BCUT2D eigenvalue weighted by Crippen LogP contribution is 2.54. The van der Waals surface area contributed by atoms with Gasteiger partial charge in [-0.05, 0) is 104 Å². The molecular weight excluding hydrogens is 651 g/mol. The second-order valence-electron chi connectivity index (χ2n) is 15.9. The van der Waals surface area contributed by atoms with Gasteiger partial charge in [-0.25, -0.2) is 0 Å². The molecule has 1 fully saturated rings. The molecule has 2 aliphatic carbocycles. The number of nitrogens with zero attached hydrogens (tertiary/aromatic N) is 1. The van der Waals surface area contributed by atoms with Crippen LogP contribution in [0, 0.1) is 0 Å². The first kappa shape index (κ1) is 32.7. The maximum Gasteiger partial charge on any atom is 0.0540 e. The number of hydrogen-bond acceptors (Lipinski definition) is 1. The second kappa shape index (κ2) is 13.2. The summed E-state index contributed by atoms with van der Waals surface area (Å²) in [7, 11) is 0. The molecule has 1 heteroatoms. The number of benzene rings is 8. The Morgan fingerprint density at radius 3 is 1.78 bits per heavy atom. The smallest absolute Gasteiger partial charge is 0.0540 e. The highest BCUT2D eigenvalue weighted by molar-refractivity contribution is 6.05. The molecule has 1 nitrogen and oxygen atoms in total. The molecule has 0 heterocycles. The number of rotatable bonds is 6. The fourth-order valence-electron chi connectivity index (χ4n) is 9.84. The zero-order valence-corrected chi connectivity index (χ0v) is 31.2. The van der Waals surface area contributed by atoms with Gasteiger partial charge in [0.25, 0.3) is 0 Å². The zero-order valence-electron chi connectivity index (χ0n) is 31.2. The number of hydrogen-bond donors (Lipinski definition) is 0. The van der Waals surface area contributed by atoms with Crippen molar-refractivity contribution in [3.8, 4) is 33.4 Å². The maximum absolute atomic E-state index is 2.53. The summed E-state index contributed by atoms with van der Waals surface area (Å²) >= 11 is 0. The van der Waals surface area contributed by atoms with Gasteiger partial charge in [0.05, 0.1) is 11.4 Å². The van der Waals surface area contributed by atoms with E-state index in [1.54, 1.807) is 0 Å². The summed E-state index contributed by atoms with van der Waals surface area (Å²) < 4.78 is 0. The zero-order chi connectivity index (χ0) is 36.2. The summed E-state index contributed by atoms with van der Waals surface area (Å²) in [5, 5.41) is 5.21. The summed E-state index contributed by atoms with van der Waals surface area (Å²) in [5.74, 6) is 0.598. The van der Waals surface area contributed by atoms with E-state index in [0.717, 1.165) is 5.69 Å². The molecule has 0 aromatic heterocycles. The lowest BCUT2D eigenvalue weighted by molar-refractivity contribution is 0.445. The molecule has 0 N–H and O–H groups in total. The van der Waals surface area contributed by atoms with Crippen LogP contribution in [0.5, 0.6) is 0 Å². The van der Waals surface area contributed by atoms with Crippen molar-refractivity contribution in [2.45, 2.75) is 57.3 Å². The maximum atomic E-state index is 2.53. The van der Waals surface area contributed by atoms with Crippen molar-refractivity contribution in [3.05, 3.63) is 187 Å². The highest BCUT2D eigenvalue weighted by Gasteiger charge is 2.37. The number of fused-ring (bicyclic) bond motifs is 5. The first-order chi connectivity index (χ1) is 26.6. The standard InChI is InChI=1S/C53H45N/c1-53(2)47-29-11-8-25-46(47)52-45(28-16-30-48(52)53)43-24-10-13-32-50(43)54(40-34-33-36-17-6-7-20-39(36)35-40)49-31-12-9-23-42(49)44-27-15-22-38-21-14-26-41(51(38)44)37-18-4-3-5-19-37/h6-17,20-35,37H,3-5,18-19H2,1-2H3. The van der Waals surface area contributed by atoms with Gasteiger partial charge in [-0.15, -0.1) is 0 Å². The highest BCUT2D eigenvalue weighted by atomic mass is 15.1. The fourth-order valence-corrected chi connectivity index (χ4v) is 9.84. The van der Waals surface area contributed by atoms with Crippen LogP contribution >= 0.6 is 0 Å². The van der Waals surface area contributed by atoms with E-state index < -0.39 is 0 Å². The molecule has 0 bridgehead atoms. The Hall–Kier alpha value is -5.92. The lowest BCUT2D eigenvalue weighted by Crippen LogP contribution is -2.15. The van der Waals surface area contributed by atoms with Gasteiger partial charge in [0, 0.05) is 22.2 Å². The van der Waals surface area contributed by atoms with Crippen LogP contribution in [0.1, 0.15) is 68.6 Å². The quantitative estimate of drug-likeness (QED) is 0.167. The van der Waals surface area contributed by atoms with E-state index in [-0.39, 0.29) is 5.41 Å². The number of anilines is 3. The first-order valence-corrected chi connectivity index (χ1v) is 19.8. The van der Waals surface area contributed by atoms with Crippen LogP contribution in [-0.2, 0) is 5.41 Å². The topological polar surface area (TPSA) is 3.24 Å². The Morgan fingerprint density at radius 1 is 0.444 bits per heavy atom. The van der Waals surface area contributed by atoms with Gasteiger partial charge < -0.3 is 4.90 Å². The lowest BCUT2D eigenvalue weighted by atomic mass is 9.80. The van der Waals surface area contributed by atoms with Gasteiger partial charge in [-0.3, -0.25) is 0 Å². The predicted molar refractivity (Wildman–Crippen MR) is 230 cm³/mol. The molecule has 0 aliphatic heterocycles. The van der Waals surface area contributed by atoms with Crippen LogP contribution in [0.4, 0.5) is 17.1 Å². The largest absolute Gasteiger partial charge is 0.309 e. The average molecular weight is 696 g/mol. The fraction of sp³-hybridized carbons (Fsp3) is 0.170. The number of para-hydroxylation sites is 2. The van der Waals surface area contributed by atoms with Crippen molar-refractivity contribution < 1.29 is 0 Å². The van der Waals surface area contributed by atoms with Gasteiger partial charge in [-0.2, -0.15) is 0 Å². The summed E-state index contributed by atoms with van der Waals surface area (Å²) in [6.07, 6.45) is 6.53. The average Bonchev–Trinajstić information content (AvgIpc) is 3.47. The van der Waals surface area contributed by atoms with E-state index >= 15 is 0 Å². The molecule has 0 atom stereocenters. The van der Waals surface area contributed by atoms with Gasteiger partial charge in [-0.1, -0.05) is 179 Å². The van der Waals surface area contributed by atoms with Crippen molar-refractivity contribution in [3.63, 3.8) is 0 Å². The van der Waals surface area contributed by atoms with Crippen LogP contribution in [0.3, 0.4) is 0 Å². The molecule has 54 heavy (non-hydrogen) atoms. The van der Waals surface area contributed by atoms with Crippen LogP contribution in [0.15, 0.2) is 170 Å². The third-order valence-electron chi connectivity index (χ3n) is 12.5. The van der Waals surface area contributed by atoms with E-state index in [1.807, 2.05) is 0 Å². The summed E-state index contributed by atoms with van der Waals surface area (Å²) in [6, 6.07) is 63.7. The van der Waals surface area contributed by atoms with Gasteiger partial charge >= 0.3 is 0 Å².